The summed E-state index contributed by atoms with van der Waals surface area (Å²) in [6.45, 7) is 0. The second kappa shape index (κ2) is 5.16. The molecule has 0 fully saturated rings. The first-order chi connectivity index (χ1) is 9.88. The summed E-state index contributed by atoms with van der Waals surface area (Å²) < 4.78 is 27.7. The minimum Gasteiger partial charge on any atom is -0.217 e. The van der Waals surface area contributed by atoms with Crippen LogP contribution < -0.4 is 0 Å². The van der Waals surface area contributed by atoms with E-state index >= 15 is 0 Å². The molecule has 0 aliphatic carbocycles. The van der Waals surface area contributed by atoms with Gasteiger partial charge in [0.05, 0.1) is 16.8 Å². The molecule has 1 aromatic carbocycles. The molecule has 110 valence electrons. The Hall–Kier alpha value is -1.29. The lowest BCUT2D eigenvalue weighted by molar-refractivity contribution is 0.521. The average Bonchev–Trinajstić information content (AvgIpc) is 2.95. The zero-order chi connectivity index (χ0) is 15.2. The highest BCUT2D eigenvalue weighted by Gasteiger charge is 2.17. The molecule has 0 amide bonds. The Morgan fingerprint density at radius 3 is 2.48 bits per heavy atom. The molecule has 0 radical (unpaired) electrons. The van der Waals surface area contributed by atoms with Gasteiger partial charge in [-0.2, -0.15) is 0 Å². The maximum Gasteiger partial charge on any atom is 0.242 e. The van der Waals surface area contributed by atoms with Crippen LogP contribution in [0.1, 0.15) is 0 Å². The van der Waals surface area contributed by atoms with Crippen LogP contribution in [0.2, 0.25) is 0 Å². The van der Waals surface area contributed by atoms with E-state index in [1.807, 2.05) is 6.20 Å². The number of aromatic nitrogens is 3. The molecule has 2 aromatic heterocycles. The van der Waals surface area contributed by atoms with Gasteiger partial charge in [-0.05, 0) is 28.1 Å². The van der Waals surface area contributed by atoms with Crippen LogP contribution in [0.4, 0.5) is 0 Å². The summed E-state index contributed by atoms with van der Waals surface area (Å²) in [4.78, 5) is 5.50. The fourth-order valence-corrected chi connectivity index (χ4v) is 3.94. The second-order valence-electron chi connectivity index (χ2n) is 4.52. The fourth-order valence-electron chi connectivity index (χ4n) is 1.82. The number of halogens is 1. The Bertz CT molecular complexity index is 866. The maximum atomic E-state index is 12.0. The smallest absolute Gasteiger partial charge is 0.217 e. The highest BCUT2D eigenvalue weighted by molar-refractivity contribution is 9.11. The van der Waals surface area contributed by atoms with Crippen LogP contribution in [0.3, 0.4) is 0 Å². The van der Waals surface area contributed by atoms with Gasteiger partial charge >= 0.3 is 0 Å². The van der Waals surface area contributed by atoms with E-state index in [1.54, 1.807) is 28.8 Å². The first kappa shape index (κ1) is 14.6. The third-order valence-corrected chi connectivity index (χ3v) is 6.13. The molecule has 21 heavy (non-hydrogen) atoms. The van der Waals surface area contributed by atoms with Crippen LogP contribution in [0, 0.1) is 0 Å². The van der Waals surface area contributed by atoms with Crippen molar-refractivity contribution in [2.45, 2.75) is 4.90 Å². The lowest BCUT2D eigenvalue weighted by atomic mass is 10.2. The van der Waals surface area contributed by atoms with Crippen molar-refractivity contribution in [3.63, 3.8) is 0 Å². The lowest BCUT2D eigenvalue weighted by Gasteiger charge is -2.11. The summed E-state index contributed by atoms with van der Waals surface area (Å²) in [5, 5.41) is 4.23. The highest BCUT2D eigenvalue weighted by Crippen LogP contribution is 2.25. The highest BCUT2D eigenvalue weighted by atomic mass is 79.9. The molecular formula is C12H11BrN4O2S2. The second-order valence-corrected chi connectivity index (χ2v) is 8.90. The Morgan fingerprint density at radius 2 is 1.90 bits per heavy atom. The van der Waals surface area contributed by atoms with Crippen molar-refractivity contribution in [2.75, 3.05) is 14.1 Å². The number of imidazole rings is 1. The molecule has 0 aliphatic rings. The molecule has 0 N–H and O–H groups in total. The molecule has 0 bridgehead atoms. The van der Waals surface area contributed by atoms with Gasteiger partial charge in [-0.15, -0.1) is 5.10 Å². The summed E-state index contributed by atoms with van der Waals surface area (Å²) in [6.07, 6.45) is 1.81. The van der Waals surface area contributed by atoms with E-state index in [0.717, 1.165) is 20.1 Å². The monoisotopic (exact) mass is 386 g/mol. The molecule has 6 nitrogen and oxygen atoms in total. The number of hydrogen-bond acceptors (Lipinski definition) is 5. The van der Waals surface area contributed by atoms with E-state index in [0.29, 0.717) is 0 Å². The van der Waals surface area contributed by atoms with Gasteiger partial charge in [0.25, 0.3) is 0 Å². The van der Waals surface area contributed by atoms with Crippen molar-refractivity contribution < 1.29 is 8.42 Å². The van der Waals surface area contributed by atoms with E-state index in [-0.39, 0.29) is 4.90 Å². The SMILES string of the molecule is CN(C)S(=O)(=O)c1ccc(-c2cn3nc(Br)sc3n2)cc1. The molecule has 0 atom stereocenters. The van der Waals surface area contributed by atoms with Gasteiger partial charge in [0.2, 0.25) is 15.0 Å². The van der Waals surface area contributed by atoms with Crippen LogP contribution in [-0.2, 0) is 10.0 Å². The van der Waals surface area contributed by atoms with Gasteiger partial charge in [0.1, 0.15) is 0 Å². The third-order valence-electron chi connectivity index (χ3n) is 2.95. The van der Waals surface area contributed by atoms with Crippen LogP contribution in [-0.4, -0.2) is 41.4 Å². The molecule has 0 spiro atoms. The molecular weight excluding hydrogens is 376 g/mol. The van der Waals surface area contributed by atoms with Crippen LogP contribution in [0.25, 0.3) is 16.2 Å². The number of nitrogens with zero attached hydrogens (tertiary/aromatic N) is 4. The molecule has 9 heteroatoms. The maximum absolute atomic E-state index is 12.0. The molecule has 3 rings (SSSR count). The minimum absolute atomic E-state index is 0.262. The summed E-state index contributed by atoms with van der Waals surface area (Å²) in [5.74, 6) is 0. The first-order valence-corrected chi connectivity index (χ1v) is 8.97. The molecule has 0 saturated carbocycles. The third kappa shape index (κ3) is 2.61. The van der Waals surface area contributed by atoms with Crippen molar-refractivity contribution >= 4 is 42.3 Å². The van der Waals surface area contributed by atoms with E-state index in [2.05, 4.69) is 26.0 Å². The zero-order valence-corrected chi connectivity index (χ0v) is 14.4. The Kier molecular flexibility index (Phi) is 3.60. The van der Waals surface area contributed by atoms with Gasteiger partial charge in [-0.25, -0.2) is 22.2 Å². The van der Waals surface area contributed by atoms with Crippen LogP contribution >= 0.6 is 27.3 Å². The van der Waals surface area contributed by atoms with Crippen molar-refractivity contribution in [3.8, 4) is 11.3 Å². The van der Waals surface area contributed by atoms with Gasteiger partial charge in [0.15, 0.2) is 3.92 Å². The first-order valence-electron chi connectivity index (χ1n) is 5.92. The van der Waals surface area contributed by atoms with Crippen molar-refractivity contribution in [1.29, 1.82) is 0 Å². The normalized spacial score (nSPS) is 12.4. The predicted octanol–water partition coefficient (Wildman–Crippen LogP) is 2.47. The standard InChI is InChI=1S/C12H11BrN4O2S2/c1-16(2)21(18,19)9-5-3-8(4-6-9)10-7-17-12(14-10)20-11(13)15-17/h3-7H,1-2H3. The number of hydrogen-bond donors (Lipinski definition) is 0. The number of fused-ring (bicyclic) bond motifs is 1. The fraction of sp³-hybridized carbons (Fsp3) is 0.167. The minimum atomic E-state index is -3.40. The van der Waals surface area contributed by atoms with Gasteiger partial charge in [-0.1, -0.05) is 23.5 Å². The molecule has 2 heterocycles. The molecule has 3 aromatic rings. The number of sulfonamides is 1. The Balaban J connectivity index is 1.98. The van der Waals surface area contributed by atoms with Crippen molar-refractivity contribution in [3.05, 3.63) is 34.4 Å². The summed E-state index contributed by atoms with van der Waals surface area (Å²) in [6, 6.07) is 6.67. The summed E-state index contributed by atoms with van der Waals surface area (Å²) in [7, 11) is -0.384. The summed E-state index contributed by atoms with van der Waals surface area (Å²) in [5.41, 5.74) is 1.61. The van der Waals surface area contributed by atoms with E-state index in [9.17, 15) is 8.42 Å². The van der Waals surface area contributed by atoms with E-state index in [1.165, 1.54) is 29.7 Å². The van der Waals surface area contributed by atoms with E-state index in [4.69, 9.17) is 0 Å². The van der Waals surface area contributed by atoms with Crippen molar-refractivity contribution in [1.82, 2.24) is 18.9 Å². The van der Waals surface area contributed by atoms with Crippen LogP contribution in [0.5, 0.6) is 0 Å². The largest absolute Gasteiger partial charge is 0.242 e. The predicted molar refractivity (Wildman–Crippen MR) is 84.9 cm³/mol. The molecule has 0 saturated heterocycles. The topological polar surface area (TPSA) is 67.6 Å². The van der Waals surface area contributed by atoms with E-state index < -0.39 is 10.0 Å². The van der Waals surface area contributed by atoms with Gasteiger partial charge < -0.3 is 0 Å². The quantitative estimate of drug-likeness (QED) is 0.693. The van der Waals surface area contributed by atoms with Crippen molar-refractivity contribution in [2.24, 2.45) is 0 Å². The average molecular weight is 387 g/mol. The Labute approximate surface area is 134 Å². The summed E-state index contributed by atoms with van der Waals surface area (Å²) >= 11 is 4.74. The zero-order valence-electron chi connectivity index (χ0n) is 11.2. The number of rotatable bonds is 3. The van der Waals surface area contributed by atoms with Crippen LogP contribution in [0.15, 0.2) is 39.3 Å². The molecule has 0 unspecified atom stereocenters. The Morgan fingerprint density at radius 1 is 1.24 bits per heavy atom. The lowest BCUT2D eigenvalue weighted by Crippen LogP contribution is -2.22. The van der Waals surface area contributed by atoms with Gasteiger partial charge in [0, 0.05) is 19.7 Å². The molecule has 0 aliphatic heterocycles. The number of benzene rings is 1. The van der Waals surface area contributed by atoms with Gasteiger partial charge in [-0.3, -0.25) is 0 Å².